The van der Waals surface area contributed by atoms with E-state index in [0.29, 0.717) is 0 Å². The minimum absolute atomic E-state index is 0.192. The van der Waals surface area contributed by atoms with Gasteiger partial charge in [0.2, 0.25) is 0 Å². The van der Waals surface area contributed by atoms with Gasteiger partial charge in [0, 0.05) is 48.3 Å². The van der Waals surface area contributed by atoms with Crippen molar-refractivity contribution in [1.29, 1.82) is 0 Å². The number of nitrogens with one attached hydrogen (secondary N) is 2. The maximum atomic E-state index is 4.80. The lowest BCUT2D eigenvalue weighted by molar-refractivity contribution is 0.544. The molecule has 0 bridgehead atoms. The molecule has 134 valence electrons. The van der Waals surface area contributed by atoms with E-state index in [1.807, 2.05) is 23.7 Å². The van der Waals surface area contributed by atoms with E-state index in [0.717, 1.165) is 53.8 Å². The van der Waals surface area contributed by atoms with Crippen LogP contribution in [0.4, 0.5) is 5.82 Å². The molecule has 0 unspecified atom stereocenters. The first-order chi connectivity index (χ1) is 12.6. The first-order valence-electron chi connectivity index (χ1n) is 8.88. The molecule has 0 fully saturated rings. The number of aromatic nitrogens is 5. The largest absolute Gasteiger partial charge is 0.365 e. The molecule has 0 saturated heterocycles. The number of hydrogen-bond donors (Lipinski definition) is 2. The number of fused-ring (bicyclic) bond motifs is 1. The van der Waals surface area contributed by atoms with Gasteiger partial charge in [-0.1, -0.05) is 0 Å². The second-order valence-corrected chi connectivity index (χ2v) is 6.82. The lowest BCUT2D eigenvalue weighted by Gasteiger charge is -2.18. The molecule has 3 aromatic rings. The minimum Gasteiger partial charge on any atom is -0.365 e. The summed E-state index contributed by atoms with van der Waals surface area (Å²) in [5, 5.41) is 11.5. The fourth-order valence-electron chi connectivity index (χ4n) is 3.32. The molecule has 26 heavy (non-hydrogen) atoms. The first-order valence-corrected chi connectivity index (χ1v) is 8.88. The van der Waals surface area contributed by atoms with Gasteiger partial charge in [0.1, 0.15) is 5.82 Å². The molecule has 1 aliphatic heterocycles. The van der Waals surface area contributed by atoms with Crippen LogP contribution in [0.3, 0.4) is 0 Å². The Morgan fingerprint density at radius 2 is 2.00 bits per heavy atom. The Morgan fingerprint density at radius 1 is 1.19 bits per heavy atom. The highest BCUT2D eigenvalue weighted by molar-refractivity contribution is 5.60. The normalized spacial score (nSPS) is 14.3. The highest BCUT2D eigenvalue weighted by Crippen LogP contribution is 2.26. The number of anilines is 1. The Morgan fingerprint density at radius 3 is 2.73 bits per heavy atom. The topological polar surface area (TPSA) is 80.5 Å². The van der Waals surface area contributed by atoms with Gasteiger partial charge < -0.3 is 10.6 Å². The number of pyridine rings is 1. The molecular weight excluding hydrogens is 326 g/mol. The lowest BCUT2D eigenvalue weighted by atomic mass is 10.2. The van der Waals surface area contributed by atoms with E-state index < -0.39 is 0 Å². The van der Waals surface area contributed by atoms with Crippen LogP contribution in [-0.2, 0) is 19.6 Å². The SMILES string of the molecule is Cc1cc(C)n(C[C@H](C)Nc2nc(-c3ccncc3)nc3c2CNC3)n1. The molecule has 0 aromatic carbocycles. The molecule has 2 N–H and O–H groups in total. The summed E-state index contributed by atoms with van der Waals surface area (Å²) in [6, 6.07) is 6.17. The average Bonchev–Trinajstić information content (AvgIpc) is 3.22. The third-order valence-corrected chi connectivity index (χ3v) is 4.56. The minimum atomic E-state index is 0.192. The van der Waals surface area contributed by atoms with Crippen molar-refractivity contribution in [3.63, 3.8) is 0 Å². The molecule has 1 atom stereocenters. The second-order valence-electron chi connectivity index (χ2n) is 6.82. The monoisotopic (exact) mass is 349 g/mol. The second kappa shape index (κ2) is 6.84. The van der Waals surface area contributed by atoms with Gasteiger partial charge in [-0.25, -0.2) is 9.97 Å². The van der Waals surface area contributed by atoms with Crippen LogP contribution in [0.1, 0.15) is 29.6 Å². The fourth-order valence-corrected chi connectivity index (χ4v) is 3.32. The molecule has 4 rings (SSSR count). The van der Waals surface area contributed by atoms with E-state index in [2.05, 4.69) is 40.6 Å². The van der Waals surface area contributed by atoms with Crippen LogP contribution >= 0.6 is 0 Å². The smallest absolute Gasteiger partial charge is 0.161 e. The average molecular weight is 349 g/mol. The van der Waals surface area contributed by atoms with Crippen molar-refractivity contribution < 1.29 is 0 Å². The molecule has 0 saturated carbocycles. The van der Waals surface area contributed by atoms with Crippen LogP contribution in [0.2, 0.25) is 0 Å². The van der Waals surface area contributed by atoms with Crippen LogP contribution in [0.15, 0.2) is 30.6 Å². The summed E-state index contributed by atoms with van der Waals surface area (Å²) in [4.78, 5) is 13.6. The zero-order valence-electron chi connectivity index (χ0n) is 15.3. The predicted octanol–water partition coefficient (Wildman–Crippen LogP) is 2.46. The molecule has 3 aromatic heterocycles. The van der Waals surface area contributed by atoms with Gasteiger partial charge in [-0.2, -0.15) is 5.10 Å². The van der Waals surface area contributed by atoms with E-state index in [-0.39, 0.29) is 6.04 Å². The molecule has 0 amide bonds. The Balaban J connectivity index is 1.61. The van der Waals surface area contributed by atoms with Crippen LogP contribution in [0, 0.1) is 13.8 Å². The molecule has 0 radical (unpaired) electrons. The summed E-state index contributed by atoms with van der Waals surface area (Å²) in [5.41, 5.74) is 5.41. The lowest BCUT2D eigenvalue weighted by Crippen LogP contribution is -2.25. The fraction of sp³-hybridized carbons (Fsp3) is 0.368. The van der Waals surface area contributed by atoms with Gasteiger partial charge in [0.15, 0.2) is 5.82 Å². The van der Waals surface area contributed by atoms with Crippen molar-refractivity contribution in [2.45, 2.75) is 46.4 Å². The van der Waals surface area contributed by atoms with Crippen molar-refractivity contribution in [3.8, 4) is 11.4 Å². The van der Waals surface area contributed by atoms with Gasteiger partial charge in [-0.05, 0) is 39.0 Å². The zero-order valence-corrected chi connectivity index (χ0v) is 15.3. The van der Waals surface area contributed by atoms with Crippen LogP contribution in [-0.4, -0.2) is 30.8 Å². The quantitative estimate of drug-likeness (QED) is 0.736. The van der Waals surface area contributed by atoms with Gasteiger partial charge in [0.05, 0.1) is 17.9 Å². The van der Waals surface area contributed by atoms with Gasteiger partial charge in [-0.3, -0.25) is 9.67 Å². The van der Waals surface area contributed by atoms with Crippen molar-refractivity contribution in [1.82, 2.24) is 30.0 Å². The maximum Gasteiger partial charge on any atom is 0.161 e. The van der Waals surface area contributed by atoms with Gasteiger partial charge in [0.25, 0.3) is 0 Å². The van der Waals surface area contributed by atoms with Crippen molar-refractivity contribution in [2.24, 2.45) is 0 Å². The summed E-state index contributed by atoms with van der Waals surface area (Å²) in [6.07, 6.45) is 3.53. The highest BCUT2D eigenvalue weighted by atomic mass is 15.3. The molecule has 0 spiro atoms. The molecular formula is C19H23N7. The molecule has 7 heteroatoms. The van der Waals surface area contributed by atoms with E-state index >= 15 is 0 Å². The predicted molar refractivity (Wildman–Crippen MR) is 101 cm³/mol. The summed E-state index contributed by atoms with van der Waals surface area (Å²) in [5.74, 6) is 1.64. The number of aryl methyl sites for hydroxylation is 2. The van der Waals surface area contributed by atoms with Crippen LogP contribution in [0.5, 0.6) is 0 Å². The third-order valence-electron chi connectivity index (χ3n) is 4.56. The summed E-state index contributed by atoms with van der Waals surface area (Å²) >= 11 is 0. The zero-order chi connectivity index (χ0) is 18.1. The van der Waals surface area contributed by atoms with Gasteiger partial charge in [-0.15, -0.1) is 0 Å². The number of rotatable bonds is 5. The number of hydrogen-bond acceptors (Lipinski definition) is 6. The molecule has 1 aliphatic rings. The van der Waals surface area contributed by atoms with Crippen molar-refractivity contribution in [3.05, 3.63) is 53.2 Å². The van der Waals surface area contributed by atoms with E-state index in [9.17, 15) is 0 Å². The Hall–Kier alpha value is -2.80. The van der Waals surface area contributed by atoms with Crippen LogP contribution < -0.4 is 10.6 Å². The standard InChI is InChI=1S/C19H23N7/c1-12-8-14(3)26(25-12)11-13(2)22-19-16-9-21-10-17(16)23-18(24-19)15-4-6-20-7-5-15/h4-8,13,21H,9-11H2,1-3H3,(H,22,23,24)/t13-/m0/s1. The number of nitrogens with zero attached hydrogens (tertiary/aromatic N) is 5. The third kappa shape index (κ3) is 3.30. The molecule has 0 aliphatic carbocycles. The summed E-state index contributed by atoms with van der Waals surface area (Å²) in [6.45, 7) is 8.61. The van der Waals surface area contributed by atoms with Crippen molar-refractivity contribution >= 4 is 5.82 Å². The Bertz CT molecular complexity index is 917. The molecule has 4 heterocycles. The van der Waals surface area contributed by atoms with Gasteiger partial charge >= 0.3 is 0 Å². The molecule has 7 nitrogen and oxygen atoms in total. The highest BCUT2D eigenvalue weighted by Gasteiger charge is 2.21. The van der Waals surface area contributed by atoms with E-state index in [1.54, 1.807) is 12.4 Å². The van der Waals surface area contributed by atoms with Crippen molar-refractivity contribution in [2.75, 3.05) is 5.32 Å². The summed E-state index contributed by atoms with van der Waals surface area (Å²) < 4.78 is 2.04. The first kappa shape index (κ1) is 16.7. The maximum absolute atomic E-state index is 4.80. The van der Waals surface area contributed by atoms with Crippen LogP contribution in [0.25, 0.3) is 11.4 Å². The Labute approximate surface area is 152 Å². The van der Waals surface area contributed by atoms with E-state index in [4.69, 9.17) is 9.97 Å². The summed E-state index contributed by atoms with van der Waals surface area (Å²) in [7, 11) is 0. The van der Waals surface area contributed by atoms with E-state index in [1.165, 1.54) is 5.69 Å². The Kier molecular flexibility index (Phi) is 4.38.